The first-order chi connectivity index (χ1) is 16.8. The number of rotatable bonds is 4. The van der Waals surface area contributed by atoms with Gasteiger partial charge in [-0.05, 0) is 68.2 Å². The molecule has 3 fully saturated rings. The lowest BCUT2D eigenvalue weighted by atomic mass is 9.82. The lowest BCUT2D eigenvalue weighted by molar-refractivity contribution is 0.0567. The van der Waals surface area contributed by atoms with Crippen LogP contribution in [-0.4, -0.2) is 48.2 Å². The first kappa shape index (κ1) is 20.4. The van der Waals surface area contributed by atoms with Crippen LogP contribution < -0.4 is 0 Å². The number of fused-ring (bicyclic) bond motifs is 3. The third kappa shape index (κ3) is 3.47. The number of aromatic amines is 1. The lowest BCUT2D eigenvalue weighted by Crippen LogP contribution is -2.49. The Kier molecular flexibility index (Phi) is 5.00. The van der Waals surface area contributed by atoms with Crippen molar-refractivity contribution >= 4 is 10.9 Å². The molecule has 2 aromatic carbocycles. The number of benzene rings is 2. The molecule has 6 heteroatoms. The first-order valence-electron chi connectivity index (χ1n) is 13.1. The van der Waals surface area contributed by atoms with Crippen molar-refractivity contribution in [1.29, 1.82) is 0 Å². The summed E-state index contributed by atoms with van der Waals surface area (Å²) in [7, 11) is 0. The molecule has 3 aliphatic rings. The molecule has 2 bridgehead atoms. The van der Waals surface area contributed by atoms with Crippen LogP contribution in [0.5, 0.6) is 0 Å². The van der Waals surface area contributed by atoms with E-state index in [0.717, 1.165) is 46.1 Å². The van der Waals surface area contributed by atoms with Gasteiger partial charge in [0.25, 0.3) is 0 Å². The molecule has 2 saturated heterocycles. The number of aromatic nitrogens is 5. The predicted molar refractivity (Wildman–Crippen MR) is 134 cm³/mol. The smallest absolute Gasteiger partial charge is 0.134 e. The first-order valence-corrected chi connectivity index (χ1v) is 13.1. The zero-order chi connectivity index (χ0) is 22.5. The summed E-state index contributed by atoms with van der Waals surface area (Å²) in [5, 5.41) is 17.4. The molecule has 1 saturated carbocycles. The third-order valence-corrected chi connectivity index (χ3v) is 8.62. The fraction of sp³-hybridized carbons (Fsp3) is 0.464. The largest absolute Gasteiger partial charge is 0.294 e. The number of piperidine rings is 1. The Labute approximate surface area is 200 Å². The van der Waals surface area contributed by atoms with Crippen molar-refractivity contribution in [3.8, 4) is 17.1 Å². The minimum Gasteiger partial charge on any atom is -0.294 e. The summed E-state index contributed by atoms with van der Waals surface area (Å²) in [6.07, 6.45) is 14.6. The molecule has 0 amide bonds. The summed E-state index contributed by atoms with van der Waals surface area (Å²) in [5.41, 5.74) is 5.18. The highest BCUT2D eigenvalue weighted by molar-refractivity contribution is 5.91. The van der Waals surface area contributed by atoms with E-state index in [0.29, 0.717) is 5.92 Å². The van der Waals surface area contributed by atoms with Crippen LogP contribution in [0.2, 0.25) is 0 Å². The molecule has 6 nitrogen and oxygen atoms in total. The molecule has 34 heavy (non-hydrogen) atoms. The van der Waals surface area contributed by atoms with Gasteiger partial charge in [-0.2, -0.15) is 5.10 Å². The van der Waals surface area contributed by atoms with Gasteiger partial charge in [0, 0.05) is 23.5 Å². The zero-order valence-corrected chi connectivity index (χ0v) is 19.6. The van der Waals surface area contributed by atoms with Crippen LogP contribution >= 0.6 is 0 Å². The van der Waals surface area contributed by atoms with Crippen molar-refractivity contribution in [3.05, 3.63) is 60.3 Å². The van der Waals surface area contributed by atoms with Gasteiger partial charge in [0.1, 0.15) is 11.4 Å². The Morgan fingerprint density at radius 1 is 0.794 bits per heavy atom. The molecule has 1 aliphatic carbocycles. The highest BCUT2D eigenvalue weighted by atomic mass is 15.4. The van der Waals surface area contributed by atoms with Gasteiger partial charge in [-0.1, -0.05) is 54.8 Å². The second-order valence-electron chi connectivity index (χ2n) is 10.6. The van der Waals surface area contributed by atoms with Gasteiger partial charge in [0.2, 0.25) is 0 Å². The van der Waals surface area contributed by atoms with Crippen LogP contribution in [0, 0.1) is 0 Å². The molecule has 2 unspecified atom stereocenters. The van der Waals surface area contributed by atoms with E-state index in [1.807, 2.05) is 29.1 Å². The second-order valence-corrected chi connectivity index (χ2v) is 10.6. The van der Waals surface area contributed by atoms with Crippen molar-refractivity contribution in [1.82, 2.24) is 30.1 Å². The highest BCUT2D eigenvalue weighted by Crippen LogP contribution is 2.46. The Balaban J connectivity index is 1.08. The van der Waals surface area contributed by atoms with Gasteiger partial charge in [-0.25, -0.2) is 4.68 Å². The summed E-state index contributed by atoms with van der Waals surface area (Å²) >= 11 is 0. The molecule has 174 valence electrons. The standard InChI is InChI=1S/C28H32N6/c1-2-6-22(7-3-1)34-23-14-15-24(34)17-20(16-23)19-10-12-21(13-11-19)33-18-27(30-32-33)28-25-8-4-5-9-26(25)29-31-28/h4-5,8-13,18,20,22-24H,1-3,6-7,14-17H2,(H,29,31). The Morgan fingerprint density at radius 3 is 2.35 bits per heavy atom. The van der Waals surface area contributed by atoms with Crippen LogP contribution in [0.3, 0.4) is 0 Å². The Hall–Kier alpha value is -2.99. The zero-order valence-electron chi connectivity index (χ0n) is 19.6. The number of para-hydroxylation sites is 1. The van der Waals surface area contributed by atoms with Crippen LogP contribution in [0.25, 0.3) is 28.0 Å². The van der Waals surface area contributed by atoms with Crippen LogP contribution in [0.4, 0.5) is 0 Å². The van der Waals surface area contributed by atoms with Gasteiger partial charge in [0.15, 0.2) is 0 Å². The molecule has 4 aromatic rings. The highest BCUT2D eigenvalue weighted by Gasteiger charge is 2.44. The van der Waals surface area contributed by atoms with E-state index in [-0.39, 0.29) is 0 Å². The van der Waals surface area contributed by atoms with Crippen molar-refractivity contribution in [2.75, 3.05) is 0 Å². The topological polar surface area (TPSA) is 62.6 Å². The van der Waals surface area contributed by atoms with Crippen molar-refractivity contribution in [3.63, 3.8) is 0 Å². The average molecular weight is 453 g/mol. The fourth-order valence-corrected chi connectivity index (χ4v) is 7.02. The SMILES string of the molecule is c1ccc2c(-c3cn(-c4ccc(C5CC6CCC(C5)N6C5CCCCC5)cc4)nn3)n[nH]c2c1. The summed E-state index contributed by atoms with van der Waals surface area (Å²) in [5.74, 6) is 0.688. The summed E-state index contributed by atoms with van der Waals surface area (Å²) in [6, 6.07) is 19.6. The maximum atomic E-state index is 4.46. The van der Waals surface area contributed by atoms with E-state index < -0.39 is 0 Å². The molecule has 1 N–H and O–H groups in total. The normalized spacial score (nSPS) is 25.8. The molecule has 7 rings (SSSR count). The Bertz CT molecular complexity index is 1270. The Morgan fingerprint density at radius 2 is 1.56 bits per heavy atom. The van der Waals surface area contributed by atoms with E-state index in [4.69, 9.17) is 0 Å². The monoisotopic (exact) mass is 452 g/mol. The van der Waals surface area contributed by atoms with Crippen molar-refractivity contribution < 1.29 is 0 Å². The molecule has 0 spiro atoms. The third-order valence-electron chi connectivity index (χ3n) is 8.62. The average Bonchev–Trinajstić information content (AvgIpc) is 3.60. The second kappa shape index (κ2) is 8.35. The van der Waals surface area contributed by atoms with E-state index in [1.54, 1.807) is 0 Å². The molecule has 2 atom stereocenters. The van der Waals surface area contributed by atoms with Crippen molar-refractivity contribution in [2.24, 2.45) is 0 Å². The van der Waals surface area contributed by atoms with E-state index in [9.17, 15) is 0 Å². The number of nitrogens with one attached hydrogen (secondary N) is 1. The fourth-order valence-electron chi connectivity index (χ4n) is 7.02. The van der Waals surface area contributed by atoms with Gasteiger partial charge >= 0.3 is 0 Å². The van der Waals surface area contributed by atoms with Gasteiger partial charge < -0.3 is 0 Å². The molecular weight excluding hydrogens is 420 g/mol. The van der Waals surface area contributed by atoms with E-state index in [2.05, 4.69) is 55.7 Å². The number of hydrogen-bond donors (Lipinski definition) is 1. The molecule has 2 aromatic heterocycles. The van der Waals surface area contributed by atoms with E-state index >= 15 is 0 Å². The quantitative estimate of drug-likeness (QED) is 0.422. The molecule has 0 radical (unpaired) electrons. The number of nitrogens with zero attached hydrogens (tertiary/aromatic N) is 5. The van der Waals surface area contributed by atoms with Gasteiger partial charge in [0.05, 0.1) is 17.4 Å². The van der Waals surface area contributed by atoms with Crippen LogP contribution in [0.1, 0.15) is 69.3 Å². The maximum Gasteiger partial charge on any atom is 0.134 e. The molecule has 4 heterocycles. The predicted octanol–water partition coefficient (Wildman–Crippen LogP) is 5.85. The van der Waals surface area contributed by atoms with Gasteiger partial charge in [-0.3, -0.25) is 10.00 Å². The minimum atomic E-state index is 0.688. The van der Waals surface area contributed by atoms with Crippen LogP contribution in [0.15, 0.2) is 54.7 Å². The molecular formula is C28H32N6. The summed E-state index contributed by atoms with van der Waals surface area (Å²) < 4.78 is 1.86. The number of hydrogen-bond acceptors (Lipinski definition) is 4. The summed E-state index contributed by atoms with van der Waals surface area (Å²) in [4.78, 5) is 2.96. The summed E-state index contributed by atoms with van der Waals surface area (Å²) in [6.45, 7) is 0. The lowest BCUT2D eigenvalue weighted by Gasteiger charge is -2.45. The molecule has 2 aliphatic heterocycles. The van der Waals surface area contributed by atoms with Gasteiger partial charge in [-0.15, -0.1) is 5.10 Å². The maximum absolute atomic E-state index is 4.46. The van der Waals surface area contributed by atoms with E-state index in [1.165, 1.54) is 63.4 Å². The van der Waals surface area contributed by atoms with Crippen molar-refractivity contribution in [2.45, 2.75) is 81.8 Å². The minimum absolute atomic E-state index is 0.688. The number of H-pyrrole nitrogens is 1. The van der Waals surface area contributed by atoms with Crippen LogP contribution in [-0.2, 0) is 0 Å².